The molecule has 0 aromatic heterocycles. The van der Waals surface area contributed by atoms with Crippen LogP contribution in [-0.2, 0) is 18.4 Å². The topological polar surface area (TPSA) is 108 Å². The first-order valence-electron chi connectivity index (χ1n) is 41.7. The molecule has 0 radical (unpaired) electrons. The lowest BCUT2D eigenvalue weighted by atomic mass is 10.0. The number of phosphoric acid groups is 1. The first kappa shape index (κ1) is 91.0. The van der Waals surface area contributed by atoms with Crippen molar-refractivity contribution in [2.24, 2.45) is 0 Å². The molecule has 0 aromatic rings. The van der Waals surface area contributed by atoms with Gasteiger partial charge in [-0.2, -0.15) is 0 Å². The van der Waals surface area contributed by atoms with E-state index in [4.69, 9.17) is 9.05 Å². The molecule has 9 heteroatoms. The molecule has 3 unspecified atom stereocenters. The Hall–Kier alpha value is -1.02. The standard InChI is InChI=1S/C83H165N2O6P/c1-6-8-10-12-14-16-18-20-22-24-26-28-30-32-34-36-38-39-40-41-42-43-44-45-47-49-51-53-55-57-59-61-63-65-67-69-71-73-75-77-83(87)84-81(80-91-92(88,89)90-79-78-85(3,4)5)82(86)76-74-72-70-68-66-64-62-60-58-56-54-52-50-48-46-37-35-33-31-29-27-25-23-21-19-17-15-13-11-9-7-2/h66,68,74,76,81-82,86H,6-65,67,69-73,75,77-80H2,1-5H3,(H-,84,87,88,89)/b68-66+,76-74+. The maximum absolute atomic E-state index is 13.1. The molecule has 8 nitrogen and oxygen atoms in total. The van der Waals surface area contributed by atoms with Crippen LogP contribution in [0.1, 0.15) is 450 Å². The maximum Gasteiger partial charge on any atom is 0.268 e. The summed E-state index contributed by atoms with van der Waals surface area (Å²) >= 11 is 0. The van der Waals surface area contributed by atoms with Crippen molar-refractivity contribution in [3.8, 4) is 0 Å². The van der Waals surface area contributed by atoms with Gasteiger partial charge >= 0.3 is 0 Å². The number of phosphoric ester groups is 1. The second-order valence-electron chi connectivity index (χ2n) is 30.2. The van der Waals surface area contributed by atoms with Gasteiger partial charge in [0.2, 0.25) is 5.91 Å². The summed E-state index contributed by atoms with van der Waals surface area (Å²) in [5, 5.41) is 14.0. The molecule has 0 aliphatic rings. The van der Waals surface area contributed by atoms with Gasteiger partial charge in [0.15, 0.2) is 0 Å². The predicted molar refractivity (Wildman–Crippen MR) is 404 cm³/mol. The van der Waals surface area contributed by atoms with E-state index in [2.05, 4.69) is 31.3 Å². The van der Waals surface area contributed by atoms with Crippen LogP contribution in [0.25, 0.3) is 0 Å². The van der Waals surface area contributed by atoms with Gasteiger partial charge in [-0.05, 0) is 32.1 Å². The average Bonchev–Trinajstić information content (AvgIpc) is 3.24. The van der Waals surface area contributed by atoms with Crippen molar-refractivity contribution in [1.29, 1.82) is 0 Å². The van der Waals surface area contributed by atoms with Gasteiger partial charge in [0, 0.05) is 6.42 Å². The summed E-state index contributed by atoms with van der Waals surface area (Å²) in [6.45, 7) is 4.71. The molecule has 0 aliphatic carbocycles. The first-order valence-corrected chi connectivity index (χ1v) is 43.2. The quantitative estimate of drug-likeness (QED) is 0.0272. The number of carbonyl (C=O) groups is 1. The molecule has 0 saturated carbocycles. The normalized spacial score (nSPS) is 13.5. The number of quaternary nitrogens is 1. The number of nitrogens with zero attached hydrogens (tertiary/aromatic N) is 1. The van der Waals surface area contributed by atoms with E-state index in [0.29, 0.717) is 17.4 Å². The largest absolute Gasteiger partial charge is 0.756 e. The van der Waals surface area contributed by atoms with Crippen LogP contribution in [0.3, 0.4) is 0 Å². The number of hydrogen-bond donors (Lipinski definition) is 2. The van der Waals surface area contributed by atoms with E-state index in [0.717, 1.165) is 38.5 Å². The van der Waals surface area contributed by atoms with Gasteiger partial charge in [-0.25, -0.2) is 0 Å². The van der Waals surface area contributed by atoms with Gasteiger partial charge in [0.1, 0.15) is 13.2 Å². The molecule has 0 rings (SSSR count). The van der Waals surface area contributed by atoms with E-state index in [1.807, 2.05) is 27.2 Å². The van der Waals surface area contributed by atoms with Crippen molar-refractivity contribution >= 4 is 13.7 Å². The van der Waals surface area contributed by atoms with Gasteiger partial charge in [0.25, 0.3) is 7.82 Å². The predicted octanol–water partition coefficient (Wildman–Crippen LogP) is 26.7. The molecule has 0 spiro atoms. The second kappa shape index (κ2) is 74.2. The molecule has 1 amide bonds. The molecule has 0 aliphatic heterocycles. The van der Waals surface area contributed by atoms with Crippen LogP contribution in [-0.4, -0.2) is 68.5 Å². The summed E-state index contributed by atoms with van der Waals surface area (Å²) < 4.78 is 23.5. The molecule has 0 aromatic carbocycles. The summed E-state index contributed by atoms with van der Waals surface area (Å²) in [6.07, 6.45) is 99.5. The Labute approximate surface area is 576 Å². The third kappa shape index (κ3) is 76.3. The van der Waals surface area contributed by atoms with Crippen LogP contribution in [0.15, 0.2) is 24.3 Å². The molecule has 0 saturated heterocycles. The highest BCUT2D eigenvalue weighted by Crippen LogP contribution is 2.38. The zero-order valence-corrected chi connectivity index (χ0v) is 63.9. The number of nitrogens with one attached hydrogen (secondary N) is 1. The van der Waals surface area contributed by atoms with Crippen molar-refractivity contribution in [3.05, 3.63) is 24.3 Å². The highest BCUT2D eigenvalue weighted by Gasteiger charge is 2.23. The Kier molecular flexibility index (Phi) is 73.4. The number of allylic oxidation sites excluding steroid dienone is 3. The molecule has 3 atom stereocenters. The SMILES string of the molecule is CCCCCCCCCCCCCCCCCCCCCCCCCCC/C=C/CC/C=C/C(O)C(COP(=O)([O-])OCC[N+](C)(C)C)NC(=O)CCCCCCCCCCCCCCCCCCCCCCCCCCCCCCCCCCCCCCCCC. The molecular weight excluding hydrogens is 1150 g/mol. The van der Waals surface area contributed by atoms with Gasteiger partial charge in [-0.3, -0.25) is 9.36 Å². The summed E-state index contributed by atoms with van der Waals surface area (Å²) in [6, 6.07) is -0.903. The Morgan fingerprint density at radius 3 is 0.880 bits per heavy atom. The first-order chi connectivity index (χ1) is 45.0. The Balaban J connectivity index is 3.92. The average molecular weight is 1320 g/mol. The summed E-state index contributed by atoms with van der Waals surface area (Å²) in [4.78, 5) is 25.7. The van der Waals surface area contributed by atoms with Crippen molar-refractivity contribution < 1.29 is 32.9 Å². The van der Waals surface area contributed by atoms with Gasteiger partial charge < -0.3 is 28.8 Å². The lowest BCUT2D eigenvalue weighted by Crippen LogP contribution is -2.45. The van der Waals surface area contributed by atoms with E-state index < -0.39 is 20.0 Å². The molecule has 0 heterocycles. The highest BCUT2D eigenvalue weighted by atomic mass is 31.2. The molecule has 92 heavy (non-hydrogen) atoms. The lowest BCUT2D eigenvalue weighted by Gasteiger charge is -2.29. The number of amides is 1. The third-order valence-corrected chi connectivity index (χ3v) is 20.6. The van der Waals surface area contributed by atoms with E-state index >= 15 is 0 Å². The fourth-order valence-electron chi connectivity index (χ4n) is 13.2. The minimum Gasteiger partial charge on any atom is -0.756 e. The van der Waals surface area contributed by atoms with E-state index in [9.17, 15) is 19.4 Å². The number of aliphatic hydroxyl groups excluding tert-OH is 1. The Morgan fingerprint density at radius 2 is 0.609 bits per heavy atom. The zero-order valence-electron chi connectivity index (χ0n) is 63.1. The van der Waals surface area contributed by atoms with Crippen molar-refractivity contribution in [2.75, 3.05) is 40.9 Å². The minimum atomic E-state index is -4.61. The molecular formula is C83H165N2O6P. The number of rotatable bonds is 79. The highest BCUT2D eigenvalue weighted by molar-refractivity contribution is 7.45. The number of unbranched alkanes of at least 4 members (excludes halogenated alkanes) is 64. The number of hydrogen-bond acceptors (Lipinski definition) is 6. The van der Waals surface area contributed by atoms with Crippen molar-refractivity contribution in [3.63, 3.8) is 0 Å². The smallest absolute Gasteiger partial charge is 0.268 e. The van der Waals surface area contributed by atoms with Crippen LogP contribution < -0.4 is 10.2 Å². The van der Waals surface area contributed by atoms with Gasteiger partial charge in [-0.15, -0.1) is 0 Å². The fourth-order valence-corrected chi connectivity index (χ4v) is 14.0. The molecule has 0 fully saturated rings. The number of carbonyl (C=O) groups excluding carboxylic acids is 1. The summed E-state index contributed by atoms with van der Waals surface area (Å²) in [7, 11) is 1.27. The van der Waals surface area contributed by atoms with Crippen LogP contribution in [0, 0.1) is 0 Å². The van der Waals surface area contributed by atoms with E-state index in [1.165, 1.54) is 392 Å². The zero-order chi connectivity index (χ0) is 66.9. The number of likely N-dealkylation sites (N-methyl/N-ethyl adjacent to an activating group) is 1. The van der Waals surface area contributed by atoms with E-state index in [-0.39, 0.29) is 19.1 Å². The summed E-state index contributed by atoms with van der Waals surface area (Å²) in [5.74, 6) is -0.196. The van der Waals surface area contributed by atoms with Crippen LogP contribution in [0.4, 0.5) is 0 Å². The molecule has 548 valence electrons. The van der Waals surface area contributed by atoms with Gasteiger partial charge in [-0.1, -0.05) is 436 Å². The minimum absolute atomic E-state index is 0.00322. The third-order valence-electron chi connectivity index (χ3n) is 19.7. The summed E-state index contributed by atoms with van der Waals surface area (Å²) in [5.41, 5.74) is 0. The monoisotopic (exact) mass is 1320 g/mol. The van der Waals surface area contributed by atoms with Crippen molar-refractivity contribution in [2.45, 2.75) is 463 Å². The molecule has 2 N–H and O–H groups in total. The maximum atomic E-state index is 13.1. The van der Waals surface area contributed by atoms with Crippen LogP contribution >= 0.6 is 7.82 Å². The van der Waals surface area contributed by atoms with Gasteiger partial charge in [0.05, 0.1) is 39.9 Å². The number of aliphatic hydroxyl groups is 1. The Morgan fingerprint density at radius 1 is 0.370 bits per heavy atom. The van der Waals surface area contributed by atoms with Crippen LogP contribution in [0.2, 0.25) is 0 Å². The Bertz CT molecular complexity index is 1550. The second-order valence-corrected chi connectivity index (χ2v) is 31.6. The lowest BCUT2D eigenvalue weighted by molar-refractivity contribution is -0.870. The molecule has 0 bridgehead atoms. The fraction of sp³-hybridized carbons (Fsp3) is 0.940. The van der Waals surface area contributed by atoms with Crippen molar-refractivity contribution in [1.82, 2.24) is 5.32 Å². The van der Waals surface area contributed by atoms with E-state index in [1.54, 1.807) is 6.08 Å². The van der Waals surface area contributed by atoms with Crippen LogP contribution in [0.5, 0.6) is 0 Å².